The number of fused-ring (bicyclic) bond motifs is 10. The average molecular weight is 740 g/mol. The molecule has 1 nitrogen and oxygen atoms in total. The maximum absolute atomic E-state index is 2.44. The lowest BCUT2D eigenvalue weighted by Gasteiger charge is -2.32. The molecule has 0 unspecified atom stereocenters. The third kappa shape index (κ3) is 5.24. The summed E-state index contributed by atoms with van der Waals surface area (Å²) in [5.74, 6) is 0. The van der Waals surface area contributed by atoms with Crippen LogP contribution in [0.4, 0.5) is 17.1 Å². The maximum atomic E-state index is 2.44. The zero-order valence-electron chi connectivity index (χ0n) is 32.7. The largest absolute Gasteiger partial charge is 0.311 e. The molecule has 0 atom stereocenters. The standard InChI is InChI=1S/C57H41N/c1-38-20-34-50-51-35-21-39(2)37-55(51)57(54(50)36-38)53-19-10-9-16-49(53)52-18-11-17-48(56(52)57)44-26-32-47(33-27-44)58(45-28-22-42(23-29-45)40-12-5-3-6-13-40)46-30-24-43(25-31-46)41-14-7-4-8-15-41/h3-37H,1-2H3. The van der Waals surface area contributed by atoms with Gasteiger partial charge in [0.25, 0.3) is 0 Å². The summed E-state index contributed by atoms with van der Waals surface area (Å²) in [4.78, 5) is 2.37. The van der Waals surface area contributed by atoms with Crippen LogP contribution in [-0.2, 0) is 5.41 Å². The van der Waals surface area contributed by atoms with Crippen LogP contribution in [0, 0.1) is 13.8 Å². The Balaban J connectivity index is 1.06. The Bertz CT molecular complexity index is 2840. The molecule has 0 N–H and O–H groups in total. The van der Waals surface area contributed by atoms with Crippen molar-refractivity contribution in [3.8, 4) is 55.6 Å². The van der Waals surface area contributed by atoms with E-state index in [1.54, 1.807) is 0 Å². The normalized spacial score (nSPS) is 12.8. The highest BCUT2D eigenvalue weighted by atomic mass is 15.1. The molecule has 0 aromatic heterocycles. The number of benzene rings is 9. The number of nitrogens with zero attached hydrogens (tertiary/aromatic N) is 1. The number of anilines is 3. The van der Waals surface area contributed by atoms with Crippen LogP contribution in [0.2, 0.25) is 0 Å². The monoisotopic (exact) mass is 739 g/mol. The first-order chi connectivity index (χ1) is 28.6. The topological polar surface area (TPSA) is 3.24 Å². The molecule has 274 valence electrons. The van der Waals surface area contributed by atoms with Crippen LogP contribution >= 0.6 is 0 Å². The molecule has 0 fully saturated rings. The zero-order chi connectivity index (χ0) is 38.8. The van der Waals surface area contributed by atoms with Gasteiger partial charge in [0.05, 0.1) is 5.41 Å². The van der Waals surface area contributed by atoms with Crippen LogP contribution in [0.5, 0.6) is 0 Å². The molecule has 0 radical (unpaired) electrons. The lowest BCUT2D eigenvalue weighted by molar-refractivity contribution is 0.793. The summed E-state index contributed by atoms with van der Waals surface area (Å²) in [6.07, 6.45) is 0. The van der Waals surface area contributed by atoms with Crippen LogP contribution < -0.4 is 4.90 Å². The fourth-order valence-corrected chi connectivity index (χ4v) is 9.82. The van der Waals surface area contributed by atoms with Crippen molar-refractivity contribution in [2.24, 2.45) is 0 Å². The van der Waals surface area contributed by atoms with Gasteiger partial charge >= 0.3 is 0 Å². The van der Waals surface area contributed by atoms with Gasteiger partial charge in [-0.1, -0.05) is 187 Å². The van der Waals surface area contributed by atoms with Crippen LogP contribution in [0.25, 0.3) is 55.6 Å². The first-order valence-corrected chi connectivity index (χ1v) is 20.3. The predicted octanol–water partition coefficient (Wildman–Crippen LogP) is 15.1. The van der Waals surface area contributed by atoms with Crippen molar-refractivity contribution in [2.45, 2.75) is 19.3 Å². The first kappa shape index (κ1) is 34.1. The zero-order valence-corrected chi connectivity index (χ0v) is 32.7. The molecule has 58 heavy (non-hydrogen) atoms. The molecule has 0 bridgehead atoms. The van der Waals surface area contributed by atoms with Gasteiger partial charge in [-0.2, -0.15) is 0 Å². The van der Waals surface area contributed by atoms with Crippen molar-refractivity contribution >= 4 is 17.1 Å². The van der Waals surface area contributed by atoms with Crippen LogP contribution in [0.1, 0.15) is 33.4 Å². The summed E-state index contributed by atoms with van der Waals surface area (Å²) in [6, 6.07) is 78.5. The van der Waals surface area contributed by atoms with Gasteiger partial charge in [-0.25, -0.2) is 0 Å². The minimum Gasteiger partial charge on any atom is -0.311 e. The van der Waals surface area contributed by atoms with Gasteiger partial charge in [0, 0.05) is 17.1 Å². The van der Waals surface area contributed by atoms with E-state index in [1.807, 2.05) is 0 Å². The van der Waals surface area contributed by atoms with Crippen molar-refractivity contribution < 1.29 is 0 Å². The fraction of sp³-hybridized carbons (Fsp3) is 0.0526. The summed E-state index contributed by atoms with van der Waals surface area (Å²) in [6.45, 7) is 4.45. The lowest BCUT2D eigenvalue weighted by Crippen LogP contribution is -2.27. The van der Waals surface area contributed by atoms with Gasteiger partial charge in [-0.05, 0) is 128 Å². The second-order valence-corrected chi connectivity index (χ2v) is 15.8. The Kier molecular flexibility index (Phi) is 7.91. The summed E-state index contributed by atoms with van der Waals surface area (Å²) in [5, 5.41) is 0. The Morgan fingerprint density at radius 3 is 1.21 bits per heavy atom. The molecule has 9 aromatic rings. The van der Waals surface area contributed by atoms with E-state index in [0.29, 0.717) is 0 Å². The quantitative estimate of drug-likeness (QED) is 0.164. The van der Waals surface area contributed by atoms with Crippen LogP contribution in [-0.4, -0.2) is 0 Å². The molecule has 2 aliphatic rings. The van der Waals surface area contributed by atoms with E-state index in [9.17, 15) is 0 Å². The second-order valence-electron chi connectivity index (χ2n) is 15.8. The molecule has 0 saturated carbocycles. The molecule has 0 saturated heterocycles. The van der Waals surface area contributed by atoms with Gasteiger partial charge in [0.15, 0.2) is 0 Å². The Hall–Kier alpha value is -7.22. The molecule has 0 aliphatic heterocycles. The van der Waals surface area contributed by atoms with Gasteiger partial charge in [0.2, 0.25) is 0 Å². The fourth-order valence-electron chi connectivity index (χ4n) is 9.82. The van der Waals surface area contributed by atoms with E-state index in [2.05, 4.69) is 231 Å². The Morgan fingerprint density at radius 2 is 0.690 bits per heavy atom. The Morgan fingerprint density at radius 1 is 0.293 bits per heavy atom. The van der Waals surface area contributed by atoms with E-state index >= 15 is 0 Å². The molecule has 0 amide bonds. The highest BCUT2D eigenvalue weighted by Gasteiger charge is 2.52. The van der Waals surface area contributed by atoms with Gasteiger partial charge < -0.3 is 4.90 Å². The molecule has 2 aliphatic carbocycles. The van der Waals surface area contributed by atoms with E-state index in [-0.39, 0.29) is 0 Å². The van der Waals surface area contributed by atoms with Crippen LogP contribution in [0.15, 0.2) is 212 Å². The molecule has 0 heterocycles. The van der Waals surface area contributed by atoms with Gasteiger partial charge in [-0.3, -0.25) is 0 Å². The Labute approximate surface area is 341 Å². The summed E-state index contributed by atoms with van der Waals surface area (Å²) < 4.78 is 0. The molecule has 11 rings (SSSR count). The number of aryl methyl sites for hydroxylation is 2. The predicted molar refractivity (Wildman–Crippen MR) is 243 cm³/mol. The van der Waals surface area contributed by atoms with Gasteiger partial charge in [-0.15, -0.1) is 0 Å². The lowest BCUT2D eigenvalue weighted by atomic mass is 9.68. The summed E-state index contributed by atoms with van der Waals surface area (Å²) in [7, 11) is 0. The molecule has 1 heteroatoms. The highest BCUT2D eigenvalue weighted by Crippen LogP contribution is 2.64. The van der Waals surface area contributed by atoms with E-state index in [0.717, 1.165) is 17.1 Å². The van der Waals surface area contributed by atoms with Crippen molar-refractivity contribution in [1.82, 2.24) is 0 Å². The van der Waals surface area contributed by atoms with E-state index in [4.69, 9.17) is 0 Å². The molecular weight excluding hydrogens is 699 g/mol. The van der Waals surface area contributed by atoms with E-state index in [1.165, 1.54) is 89.0 Å². The second kappa shape index (κ2) is 13.5. The smallest absolute Gasteiger partial charge is 0.0731 e. The number of rotatable bonds is 6. The number of hydrogen-bond acceptors (Lipinski definition) is 1. The van der Waals surface area contributed by atoms with Crippen molar-refractivity contribution in [2.75, 3.05) is 4.90 Å². The average Bonchev–Trinajstić information content (AvgIpc) is 3.74. The minimum absolute atomic E-state index is 0.420. The van der Waals surface area contributed by atoms with Gasteiger partial charge in [0.1, 0.15) is 0 Å². The maximum Gasteiger partial charge on any atom is 0.0731 e. The first-order valence-electron chi connectivity index (χ1n) is 20.3. The summed E-state index contributed by atoms with van der Waals surface area (Å²) >= 11 is 0. The molecule has 9 aromatic carbocycles. The molecular formula is C57H41N. The minimum atomic E-state index is -0.420. The third-order valence-electron chi connectivity index (χ3n) is 12.4. The SMILES string of the molecule is Cc1ccc2c(c1)C1(c3cc(C)ccc3-2)c2ccccc2-c2cccc(-c3ccc(N(c4ccc(-c5ccccc5)cc4)c4ccc(-c5ccccc5)cc4)cc3)c21. The van der Waals surface area contributed by atoms with Crippen LogP contribution in [0.3, 0.4) is 0 Å². The van der Waals surface area contributed by atoms with Crippen molar-refractivity contribution in [1.29, 1.82) is 0 Å². The van der Waals surface area contributed by atoms with E-state index < -0.39 is 5.41 Å². The summed E-state index contributed by atoms with van der Waals surface area (Å²) in [5.41, 5.74) is 23.6. The van der Waals surface area contributed by atoms with Crippen molar-refractivity contribution in [3.63, 3.8) is 0 Å². The molecule has 1 spiro atoms. The number of hydrogen-bond donors (Lipinski definition) is 0. The third-order valence-corrected chi connectivity index (χ3v) is 12.4. The highest BCUT2D eigenvalue weighted by molar-refractivity contribution is 5.99. The van der Waals surface area contributed by atoms with Crippen molar-refractivity contribution in [3.05, 3.63) is 246 Å².